The van der Waals surface area contributed by atoms with Crippen LogP contribution in [-0.2, 0) is 6.54 Å². The van der Waals surface area contributed by atoms with Crippen LogP contribution in [-0.4, -0.2) is 61.8 Å². The van der Waals surface area contributed by atoms with Crippen LogP contribution in [0.5, 0.6) is 0 Å². The second-order valence-electron chi connectivity index (χ2n) is 8.54. The highest BCUT2D eigenvalue weighted by Gasteiger charge is 2.36. The maximum Gasteiger partial charge on any atom is 0.324 e. The van der Waals surface area contributed by atoms with Gasteiger partial charge in [0.25, 0.3) is 0 Å². The first-order chi connectivity index (χ1) is 16.2. The van der Waals surface area contributed by atoms with Gasteiger partial charge in [-0.1, -0.05) is 0 Å². The maximum atomic E-state index is 13.3. The summed E-state index contributed by atoms with van der Waals surface area (Å²) in [6.45, 7) is 2.34. The summed E-state index contributed by atoms with van der Waals surface area (Å²) in [6, 6.07) is 9.88. The Hall–Kier alpha value is -3.85. The molecule has 166 valence electrons. The molecule has 0 bridgehead atoms. The molecule has 9 heteroatoms. The third-order valence-corrected chi connectivity index (χ3v) is 6.40. The zero-order chi connectivity index (χ0) is 22.4. The Bertz CT molecular complexity index is 1310. The van der Waals surface area contributed by atoms with Gasteiger partial charge in [0.2, 0.25) is 0 Å². The topological polar surface area (TPSA) is 92.1 Å². The summed E-state index contributed by atoms with van der Waals surface area (Å²) < 4.78 is 1.72. The predicted molar refractivity (Wildman–Crippen MR) is 125 cm³/mol. The molecule has 0 unspecified atom stereocenters. The number of piperidine rings is 1. The molecule has 0 atom stereocenters. The van der Waals surface area contributed by atoms with Gasteiger partial charge in [0, 0.05) is 49.0 Å². The van der Waals surface area contributed by atoms with E-state index in [4.69, 9.17) is 4.98 Å². The molecule has 0 aliphatic carbocycles. The van der Waals surface area contributed by atoms with Gasteiger partial charge < -0.3 is 10.2 Å². The number of carbonyl (C=O) groups is 1. The molecule has 4 aromatic heterocycles. The number of hydrogen-bond donors (Lipinski definition) is 1. The first kappa shape index (κ1) is 19.8. The van der Waals surface area contributed by atoms with Crippen LogP contribution in [0.15, 0.2) is 55.1 Å². The van der Waals surface area contributed by atoms with E-state index in [2.05, 4.69) is 20.4 Å². The standard InChI is InChI=1S/C24H24N8O/c1-30-15-17-14-26-20-5-4-19(16-3-6-21(27-13-16)31-12-2-9-28-31)29-22(20)23(17)32(24(30)33)18-7-10-25-11-8-18/h2-6,9,12-14,18,25H,7-8,10-11,15H2,1H3. The van der Waals surface area contributed by atoms with Crippen molar-refractivity contribution in [1.29, 1.82) is 0 Å². The van der Waals surface area contributed by atoms with Gasteiger partial charge in [-0.25, -0.2) is 19.4 Å². The van der Waals surface area contributed by atoms with E-state index in [1.165, 1.54) is 0 Å². The Balaban J connectivity index is 1.46. The highest BCUT2D eigenvalue weighted by molar-refractivity contribution is 6.04. The Morgan fingerprint density at radius 1 is 1.06 bits per heavy atom. The lowest BCUT2D eigenvalue weighted by Crippen LogP contribution is -2.53. The summed E-state index contributed by atoms with van der Waals surface area (Å²) in [7, 11) is 1.85. The molecule has 33 heavy (non-hydrogen) atoms. The molecule has 4 aromatic rings. The average molecular weight is 441 g/mol. The molecule has 1 N–H and O–H groups in total. The number of pyridine rings is 3. The number of amides is 2. The van der Waals surface area contributed by atoms with Crippen LogP contribution < -0.4 is 10.2 Å². The molecule has 1 fully saturated rings. The third kappa shape index (κ3) is 3.41. The summed E-state index contributed by atoms with van der Waals surface area (Å²) in [4.78, 5) is 31.2. The molecule has 2 amide bonds. The van der Waals surface area contributed by atoms with E-state index < -0.39 is 0 Å². The molecule has 0 aromatic carbocycles. The van der Waals surface area contributed by atoms with E-state index in [0.29, 0.717) is 6.54 Å². The van der Waals surface area contributed by atoms with E-state index in [-0.39, 0.29) is 12.1 Å². The number of rotatable bonds is 3. The molecule has 2 aliphatic heterocycles. The Morgan fingerprint density at radius 3 is 2.70 bits per heavy atom. The lowest BCUT2D eigenvalue weighted by atomic mass is 10.0. The SMILES string of the molecule is CN1Cc2cnc3ccc(-c4ccc(-n5cccn5)nc4)nc3c2N(C2CCNCC2)C1=O. The van der Waals surface area contributed by atoms with Crippen LogP contribution in [0, 0.1) is 0 Å². The molecule has 6 heterocycles. The normalized spacial score (nSPS) is 16.9. The van der Waals surface area contributed by atoms with Crippen LogP contribution in [0.1, 0.15) is 18.4 Å². The lowest BCUT2D eigenvalue weighted by Gasteiger charge is -2.41. The Morgan fingerprint density at radius 2 is 1.94 bits per heavy atom. The fraction of sp³-hybridized carbons (Fsp3) is 0.292. The fourth-order valence-electron chi connectivity index (χ4n) is 4.72. The van der Waals surface area contributed by atoms with Crippen molar-refractivity contribution in [3.8, 4) is 17.1 Å². The van der Waals surface area contributed by atoms with Gasteiger partial charge in [-0.3, -0.25) is 9.88 Å². The Labute approximate surface area is 191 Å². The van der Waals surface area contributed by atoms with Gasteiger partial charge in [0.15, 0.2) is 5.82 Å². The summed E-state index contributed by atoms with van der Waals surface area (Å²) >= 11 is 0. The number of hydrogen-bond acceptors (Lipinski definition) is 6. The monoisotopic (exact) mass is 440 g/mol. The van der Waals surface area contributed by atoms with Crippen molar-refractivity contribution in [3.05, 3.63) is 60.7 Å². The summed E-state index contributed by atoms with van der Waals surface area (Å²) in [5.41, 5.74) is 5.18. The minimum atomic E-state index is 0.0272. The molecule has 1 saturated heterocycles. The number of anilines is 1. The molecule has 6 rings (SSSR count). The molecule has 0 radical (unpaired) electrons. The number of carbonyl (C=O) groups excluding carboxylic acids is 1. The lowest BCUT2D eigenvalue weighted by molar-refractivity contribution is 0.205. The van der Waals surface area contributed by atoms with Gasteiger partial charge in [-0.2, -0.15) is 5.10 Å². The Kier molecular flexibility index (Phi) is 4.76. The first-order valence-corrected chi connectivity index (χ1v) is 11.2. The van der Waals surface area contributed by atoms with E-state index in [1.807, 2.05) is 54.7 Å². The number of urea groups is 1. The molecular formula is C24H24N8O. The second kappa shape index (κ2) is 7.93. The largest absolute Gasteiger partial charge is 0.324 e. The van der Waals surface area contributed by atoms with Crippen LogP contribution in [0.2, 0.25) is 0 Å². The third-order valence-electron chi connectivity index (χ3n) is 6.40. The average Bonchev–Trinajstić information content (AvgIpc) is 3.40. The predicted octanol–water partition coefficient (Wildman–Crippen LogP) is 3.00. The van der Waals surface area contributed by atoms with E-state index >= 15 is 0 Å². The summed E-state index contributed by atoms with van der Waals surface area (Å²) in [5, 5.41) is 7.62. The van der Waals surface area contributed by atoms with E-state index in [0.717, 1.165) is 65.3 Å². The van der Waals surface area contributed by atoms with Gasteiger partial charge in [-0.15, -0.1) is 0 Å². The maximum absolute atomic E-state index is 13.3. The highest BCUT2D eigenvalue weighted by atomic mass is 16.2. The van der Waals surface area contributed by atoms with Crippen molar-refractivity contribution < 1.29 is 4.79 Å². The first-order valence-electron chi connectivity index (χ1n) is 11.2. The van der Waals surface area contributed by atoms with E-state index in [9.17, 15) is 4.79 Å². The number of nitrogens with zero attached hydrogens (tertiary/aromatic N) is 7. The van der Waals surface area contributed by atoms with Gasteiger partial charge >= 0.3 is 6.03 Å². The molecule has 0 spiro atoms. The molecular weight excluding hydrogens is 416 g/mol. The van der Waals surface area contributed by atoms with Crippen molar-refractivity contribution in [2.24, 2.45) is 0 Å². The summed E-state index contributed by atoms with van der Waals surface area (Å²) in [5.74, 6) is 0.745. The zero-order valence-corrected chi connectivity index (χ0v) is 18.3. The van der Waals surface area contributed by atoms with Crippen LogP contribution in [0.4, 0.5) is 10.5 Å². The second-order valence-corrected chi connectivity index (χ2v) is 8.54. The minimum absolute atomic E-state index is 0.0272. The van der Waals surface area contributed by atoms with Crippen molar-refractivity contribution in [2.75, 3.05) is 25.0 Å². The van der Waals surface area contributed by atoms with Gasteiger partial charge in [0.1, 0.15) is 5.52 Å². The quantitative estimate of drug-likeness (QED) is 0.527. The van der Waals surface area contributed by atoms with Crippen LogP contribution in [0.3, 0.4) is 0 Å². The van der Waals surface area contributed by atoms with E-state index in [1.54, 1.807) is 22.0 Å². The van der Waals surface area contributed by atoms with Crippen LogP contribution in [0.25, 0.3) is 28.1 Å². The molecule has 2 aliphatic rings. The van der Waals surface area contributed by atoms with Gasteiger partial charge in [-0.05, 0) is 56.3 Å². The van der Waals surface area contributed by atoms with Crippen molar-refractivity contribution in [1.82, 2.24) is 34.9 Å². The molecule has 9 nitrogen and oxygen atoms in total. The minimum Gasteiger partial charge on any atom is -0.323 e. The van der Waals surface area contributed by atoms with Crippen molar-refractivity contribution in [3.63, 3.8) is 0 Å². The van der Waals surface area contributed by atoms with Crippen molar-refractivity contribution >= 4 is 22.8 Å². The number of aromatic nitrogens is 5. The summed E-state index contributed by atoms with van der Waals surface area (Å²) in [6.07, 6.45) is 9.11. The van der Waals surface area contributed by atoms with Crippen molar-refractivity contribution in [2.45, 2.75) is 25.4 Å². The van der Waals surface area contributed by atoms with Gasteiger partial charge in [0.05, 0.1) is 23.4 Å². The fourth-order valence-corrected chi connectivity index (χ4v) is 4.72. The number of fused-ring (bicyclic) bond motifs is 3. The highest BCUT2D eigenvalue weighted by Crippen LogP contribution is 2.37. The molecule has 0 saturated carbocycles. The number of nitrogens with one attached hydrogen (secondary N) is 1. The zero-order valence-electron chi connectivity index (χ0n) is 18.3. The van der Waals surface area contributed by atoms with Crippen LogP contribution >= 0.6 is 0 Å². The smallest absolute Gasteiger partial charge is 0.323 e.